The van der Waals surface area contributed by atoms with Gasteiger partial charge in [-0.1, -0.05) is 6.07 Å². The number of aliphatic hydroxyl groups excluding tert-OH is 1. The van der Waals surface area contributed by atoms with Gasteiger partial charge in [-0.05, 0) is 61.2 Å². The molecule has 0 saturated heterocycles. The van der Waals surface area contributed by atoms with Gasteiger partial charge in [0.2, 0.25) is 0 Å². The number of hydrogen-bond acceptors (Lipinski definition) is 7. The van der Waals surface area contributed by atoms with Gasteiger partial charge < -0.3 is 10.4 Å². The minimum atomic E-state index is -0.920. The van der Waals surface area contributed by atoms with E-state index in [1.165, 1.54) is 11.3 Å². The fraction of sp³-hybridized carbons (Fsp3) is 0.208. The molecule has 3 heterocycles. The number of pyridine rings is 1. The molecule has 1 atom stereocenters. The number of rotatable bonds is 7. The van der Waals surface area contributed by atoms with Crippen molar-refractivity contribution in [3.63, 3.8) is 0 Å². The number of carbonyl (C=O) groups excluding carboxylic acids is 1. The van der Waals surface area contributed by atoms with E-state index in [4.69, 9.17) is 0 Å². The highest BCUT2D eigenvalue weighted by molar-refractivity contribution is 7.09. The highest BCUT2D eigenvalue weighted by atomic mass is 32.1. The predicted molar refractivity (Wildman–Crippen MR) is 123 cm³/mol. The molecule has 2 N–H and O–H groups in total. The molecule has 0 aliphatic heterocycles. The lowest BCUT2D eigenvalue weighted by molar-refractivity contribution is 0.0954. The third kappa shape index (κ3) is 5.22. The fourth-order valence-corrected chi connectivity index (χ4v) is 3.86. The standard InChI is InChI=1S/C24H23N5O2S/c1-15-3-4-21(29-12-15)18-9-19(22(30)24-26-7-8-32-24)11-20(10-18)23(31)25-6-5-17-13-27-16(2)28-14-17/h3-4,7-14,22,30H,5-6H2,1-2H3,(H,25,31)/t22-/m1/s1. The van der Waals surface area contributed by atoms with Crippen molar-refractivity contribution in [3.05, 3.63) is 93.6 Å². The second-order valence-electron chi connectivity index (χ2n) is 7.48. The molecule has 0 spiro atoms. The van der Waals surface area contributed by atoms with Crippen molar-refractivity contribution in [2.75, 3.05) is 6.54 Å². The van der Waals surface area contributed by atoms with Crippen LogP contribution in [0.15, 0.2) is 60.5 Å². The number of aromatic nitrogens is 4. The molecule has 162 valence electrons. The SMILES string of the molecule is Cc1ccc(-c2cc(C(=O)NCCc3cnc(C)nc3)cc([C@@H](O)c3nccs3)c2)nc1. The minimum Gasteiger partial charge on any atom is -0.381 e. The molecular formula is C24H23N5O2S. The normalized spacial score (nSPS) is 11.8. The molecule has 0 aliphatic carbocycles. The largest absolute Gasteiger partial charge is 0.381 e. The van der Waals surface area contributed by atoms with Crippen LogP contribution in [0.1, 0.15) is 44.0 Å². The van der Waals surface area contributed by atoms with Gasteiger partial charge >= 0.3 is 0 Å². The van der Waals surface area contributed by atoms with E-state index in [1.807, 2.05) is 37.4 Å². The van der Waals surface area contributed by atoms with Gasteiger partial charge in [0, 0.05) is 47.8 Å². The second-order valence-corrected chi connectivity index (χ2v) is 8.41. The van der Waals surface area contributed by atoms with Crippen LogP contribution in [-0.2, 0) is 6.42 Å². The smallest absolute Gasteiger partial charge is 0.251 e. The Morgan fingerprint density at radius 3 is 2.56 bits per heavy atom. The predicted octanol–water partition coefficient (Wildman–Crippen LogP) is 3.67. The lowest BCUT2D eigenvalue weighted by atomic mass is 9.99. The highest BCUT2D eigenvalue weighted by Crippen LogP contribution is 2.29. The maximum atomic E-state index is 12.9. The molecule has 32 heavy (non-hydrogen) atoms. The highest BCUT2D eigenvalue weighted by Gasteiger charge is 2.18. The first-order chi connectivity index (χ1) is 15.5. The van der Waals surface area contributed by atoms with E-state index in [9.17, 15) is 9.90 Å². The van der Waals surface area contributed by atoms with E-state index in [1.54, 1.807) is 36.9 Å². The Labute approximate surface area is 190 Å². The van der Waals surface area contributed by atoms with Gasteiger partial charge in [-0.25, -0.2) is 15.0 Å². The van der Waals surface area contributed by atoms with Crippen molar-refractivity contribution >= 4 is 17.2 Å². The van der Waals surface area contributed by atoms with Crippen LogP contribution in [0.25, 0.3) is 11.3 Å². The lowest BCUT2D eigenvalue weighted by Gasteiger charge is -2.13. The molecule has 0 fully saturated rings. The Balaban J connectivity index is 1.58. The number of nitrogens with one attached hydrogen (secondary N) is 1. The number of nitrogens with zero attached hydrogens (tertiary/aromatic N) is 4. The number of hydrogen-bond donors (Lipinski definition) is 2. The number of amides is 1. The summed E-state index contributed by atoms with van der Waals surface area (Å²) in [6, 6.07) is 9.22. The Morgan fingerprint density at radius 1 is 1.06 bits per heavy atom. The van der Waals surface area contributed by atoms with Crippen LogP contribution in [0, 0.1) is 13.8 Å². The molecule has 4 rings (SSSR count). The van der Waals surface area contributed by atoms with Crippen LogP contribution >= 0.6 is 11.3 Å². The monoisotopic (exact) mass is 445 g/mol. The van der Waals surface area contributed by atoms with Crippen molar-refractivity contribution < 1.29 is 9.90 Å². The van der Waals surface area contributed by atoms with Crippen molar-refractivity contribution in [2.24, 2.45) is 0 Å². The zero-order valence-electron chi connectivity index (χ0n) is 17.8. The number of aryl methyl sites for hydroxylation is 2. The zero-order chi connectivity index (χ0) is 22.5. The Morgan fingerprint density at radius 2 is 1.88 bits per heavy atom. The Bertz CT molecular complexity index is 1190. The van der Waals surface area contributed by atoms with Crippen LogP contribution in [0.5, 0.6) is 0 Å². The van der Waals surface area contributed by atoms with Crippen LogP contribution in [-0.4, -0.2) is 37.5 Å². The summed E-state index contributed by atoms with van der Waals surface area (Å²) < 4.78 is 0. The molecule has 3 aromatic heterocycles. The average Bonchev–Trinajstić information content (AvgIpc) is 3.35. The average molecular weight is 446 g/mol. The van der Waals surface area contributed by atoms with E-state index in [0.29, 0.717) is 34.9 Å². The molecule has 4 aromatic rings. The van der Waals surface area contributed by atoms with Crippen molar-refractivity contribution in [2.45, 2.75) is 26.4 Å². The van der Waals surface area contributed by atoms with E-state index in [2.05, 4.69) is 25.3 Å². The number of benzene rings is 1. The summed E-state index contributed by atoms with van der Waals surface area (Å²) in [5, 5.41) is 16.2. The first kappa shape index (κ1) is 21.7. The molecule has 0 saturated carbocycles. The summed E-state index contributed by atoms with van der Waals surface area (Å²) in [5.74, 6) is 0.491. The van der Waals surface area contributed by atoms with Crippen LogP contribution in [0.4, 0.5) is 0 Å². The topological polar surface area (TPSA) is 101 Å². The molecule has 7 nitrogen and oxygen atoms in total. The van der Waals surface area contributed by atoms with E-state index in [0.717, 1.165) is 22.4 Å². The third-order valence-corrected chi connectivity index (χ3v) is 5.79. The van der Waals surface area contributed by atoms with Gasteiger partial charge in [-0.2, -0.15) is 0 Å². The lowest BCUT2D eigenvalue weighted by Crippen LogP contribution is -2.26. The van der Waals surface area contributed by atoms with Crippen LogP contribution < -0.4 is 5.32 Å². The van der Waals surface area contributed by atoms with Gasteiger partial charge in [-0.15, -0.1) is 11.3 Å². The first-order valence-electron chi connectivity index (χ1n) is 10.2. The number of thiazole rings is 1. The van der Waals surface area contributed by atoms with Crippen molar-refractivity contribution in [3.8, 4) is 11.3 Å². The molecule has 0 aliphatic rings. The summed E-state index contributed by atoms with van der Waals surface area (Å²) >= 11 is 1.37. The molecule has 0 unspecified atom stereocenters. The van der Waals surface area contributed by atoms with Gasteiger partial charge in [-0.3, -0.25) is 9.78 Å². The van der Waals surface area contributed by atoms with Crippen LogP contribution in [0.3, 0.4) is 0 Å². The van der Waals surface area contributed by atoms with Gasteiger partial charge in [0.1, 0.15) is 16.9 Å². The van der Waals surface area contributed by atoms with E-state index < -0.39 is 6.10 Å². The molecular weight excluding hydrogens is 422 g/mol. The van der Waals surface area contributed by atoms with E-state index >= 15 is 0 Å². The van der Waals surface area contributed by atoms with Crippen molar-refractivity contribution in [1.29, 1.82) is 0 Å². The third-order valence-electron chi connectivity index (χ3n) is 4.96. The molecule has 8 heteroatoms. The quantitative estimate of drug-likeness (QED) is 0.450. The zero-order valence-corrected chi connectivity index (χ0v) is 18.6. The Kier molecular flexibility index (Phi) is 6.63. The van der Waals surface area contributed by atoms with Crippen LogP contribution in [0.2, 0.25) is 0 Å². The van der Waals surface area contributed by atoms with Gasteiger partial charge in [0.25, 0.3) is 5.91 Å². The van der Waals surface area contributed by atoms with Crippen molar-refractivity contribution in [1.82, 2.24) is 25.3 Å². The molecule has 1 amide bonds. The summed E-state index contributed by atoms with van der Waals surface area (Å²) in [7, 11) is 0. The molecule has 0 bridgehead atoms. The fourth-order valence-electron chi connectivity index (χ4n) is 3.21. The van der Waals surface area contributed by atoms with Gasteiger partial charge in [0.15, 0.2) is 0 Å². The van der Waals surface area contributed by atoms with E-state index in [-0.39, 0.29) is 5.91 Å². The maximum Gasteiger partial charge on any atom is 0.251 e. The summed E-state index contributed by atoms with van der Waals surface area (Å²) in [6.07, 6.45) is 6.66. The maximum absolute atomic E-state index is 12.9. The number of carbonyl (C=O) groups is 1. The first-order valence-corrected chi connectivity index (χ1v) is 11.1. The summed E-state index contributed by atoms with van der Waals surface area (Å²) in [5.41, 5.74) is 4.54. The summed E-state index contributed by atoms with van der Waals surface area (Å²) in [4.78, 5) is 30.0. The molecule has 1 aromatic carbocycles. The minimum absolute atomic E-state index is 0.223. The molecule has 0 radical (unpaired) electrons. The Hall–Kier alpha value is -3.49. The number of aliphatic hydroxyl groups is 1. The van der Waals surface area contributed by atoms with Gasteiger partial charge in [0.05, 0.1) is 5.69 Å². The second kappa shape index (κ2) is 9.76. The summed E-state index contributed by atoms with van der Waals surface area (Å²) in [6.45, 7) is 4.25.